The average molecular weight is 388 g/mol. The second-order valence-electron chi connectivity index (χ2n) is 7.47. The molecule has 2 amide bonds. The van der Waals surface area contributed by atoms with Crippen molar-refractivity contribution < 1.29 is 14.7 Å². The predicted octanol–water partition coefficient (Wildman–Crippen LogP) is 3.62. The summed E-state index contributed by atoms with van der Waals surface area (Å²) in [4.78, 5) is 27.1. The summed E-state index contributed by atoms with van der Waals surface area (Å²) in [6.07, 6.45) is 1.16. The van der Waals surface area contributed by atoms with Gasteiger partial charge in [-0.15, -0.1) is 0 Å². The fourth-order valence-electron chi connectivity index (χ4n) is 3.81. The van der Waals surface area contributed by atoms with Crippen molar-refractivity contribution in [3.8, 4) is 0 Å². The minimum absolute atomic E-state index is 0.0675. The molecule has 1 saturated heterocycles. The zero-order valence-electron chi connectivity index (χ0n) is 16.2. The van der Waals surface area contributed by atoms with Crippen molar-refractivity contribution in [3.05, 3.63) is 77.9 Å². The number of carbonyl (C=O) groups is 2. The Hall–Kier alpha value is -3.18. The van der Waals surface area contributed by atoms with E-state index in [9.17, 15) is 14.7 Å². The van der Waals surface area contributed by atoms with Crippen LogP contribution in [-0.2, 0) is 11.2 Å². The second kappa shape index (κ2) is 8.45. The highest BCUT2D eigenvalue weighted by Crippen LogP contribution is 2.20. The number of piperidine rings is 1. The standard InChI is InChI=1S/C24H24N2O3/c27-21-11-13-26(14-12-21)24(29)19-8-4-9-20(15-19)25-23(28)16-18-7-3-6-17-5-1-2-10-22(17)18/h1-10,15,21,27H,11-14,16H2,(H,25,28). The number of aliphatic hydroxyl groups is 1. The number of carbonyl (C=O) groups excluding carboxylic acids is 2. The molecule has 3 aromatic carbocycles. The fourth-order valence-corrected chi connectivity index (χ4v) is 3.81. The van der Waals surface area contributed by atoms with E-state index < -0.39 is 0 Å². The summed E-state index contributed by atoms with van der Waals surface area (Å²) in [7, 11) is 0. The molecule has 1 aliphatic rings. The molecule has 4 rings (SSSR count). The van der Waals surface area contributed by atoms with Crippen LogP contribution in [0.15, 0.2) is 66.7 Å². The maximum atomic E-state index is 12.7. The number of hydrogen-bond donors (Lipinski definition) is 2. The van der Waals surface area contributed by atoms with Gasteiger partial charge in [0.25, 0.3) is 5.91 Å². The highest BCUT2D eigenvalue weighted by Gasteiger charge is 2.22. The molecule has 0 aromatic heterocycles. The normalized spacial score (nSPS) is 14.7. The summed E-state index contributed by atoms with van der Waals surface area (Å²) in [5, 5.41) is 14.7. The lowest BCUT2D eigenvalue weighted by atomic mass is 10.0. The first-order valence-corrected chi connectivity index (χ1v) is 9.94. The molecule has 3 aromatic rings. The molecule has 148 valence electrons. The van der Waals surface area contributed by atoms with Crippen LogP contribution in [-0.4, -0.2) is 41.0 Å². The van der Waals surface area contributed by atoms with Crippen LogP contribution in [0.5, 0.6) is 0 Å². The Morgan fingerprint density at radius 1 is 0.966 bits per heavy atom. The lowest BCUT2D eigenvalue weighted by Crippen LogP contribution is -2.40. The minimum atomic E-state index is -0.321. The summed E-state index contributed by atoms with van der Waals surface area (Å²) >= 11 is 0. The highest BCUT2D eigenvalue weighted by molar-refractivity contribution is 5.99. The van der Waals surface area contributed by atoms with E-state index in [1.54, 1.807) is 29.2 Å². The number of aliphatic hydroxyl groups excluding tert-OH is 1. The molecule has 0 atom stereocenters. The number of amides is 2. The van der Waals surface area contributed by atoms with Gasteiger partial charge in [0.05, 0.1) is 12.5 Å². The van der Waals surface area contributed by atoms with Crippen molar-refractivity contribution in [1.29, 1.82) is 0 Å². The summed E-state index contributed by atoms with van der Waals surface area (Å²) in [5.41, 5.74) is 2.13. The van der Waals surface area contributed by atoms with Gasteiger partial charge >= 0.3 is 0 Å². The molecular weight excluding hydrogens is 364 g/mol. The quantitative estimate of drug-likeness (QED) is 0.717. The molecule has 0 spiro atoms. The maximum absolute atomic E-state index is 12.7. The first kappa shape index (κ1) is 19.2. The van der Waals surface area contributed by atoms with Crippen LogP contribution < -0.4 is 5.32 Å². The number of likely N-dealkylation sites (tertiary alicyclic amines) is 1. The molecule has 1 fully saturated rings. The van der Waals surface area contributed by atoms with E-state index in [-0.39, 0.29) is 24.3 Å². The Labute approximate surface area is 170 Å². The lowest BCUT2D eigenvalue weighted by molar-refractivity contribution is -0.115. The van der Waals surface area contributed by atoms with E-state index in [1.807, 2.05) is 42.5 Å². The third-order valence-corrected chi connectivity index (χ3v) is 5.38. The molecule has 1 heterocycles. The predicted molar refractivity (Wildman–Crippen MR) is 114 cm³/mol. The minimum Gasteiger partial charge on any atom is -0.393 e. The van der Waals surface area contributed by atoms with E-state index in [0.29, 0.717) is 37.2 Å². The van der Waals surface area contributed by atoms with Gasteiger partial charge < -0.3 is 15.3 Å². The van der Waals surface area contributed by atoms with Crippen molar-refractivity contribution >= 4 is 28.3 Å². The molecule has 5 nitrogen and oxygen atoms in total. The van der Waals surface area contributed by atoms with Gasteiger partial charge in [0.2, 0.25) is 5.91 Å². The second-order valence-corrected chi connectivity index (χ2v) is 7.47. The summed E-state index contributed by atoms with van der Waals surface area (Å²) in [6.45, 7) is 1.11. The number of nitrogens with zero attached hydrogens (tertiary/aromatic N) is 1. The van der Waals surface area contributed by atoms with Gasteiger partial charge in [-0.25, -0.2) is 0 Å². The number of anilines is 1. The van der Waals surface area contributed by atoms with E-state index >= 15 is 0 Å². The van der Waals surface area contributed by atoms with Crippen molar-refractivity contribution in [1.82, 2.24) is 4.90 Å². The number of fused-ring (bicyclic) bond motifs is 1. The summed E-state index contributed by atoms with van der Waals surface area (Å²) < 4.78 is 0. The molecule has 2 N–H and O–H groups in total. The zero-order chi connectivity index (χ0) is 20.2. The van der Waals surface area contributed by atoms with Gasteiger partial charge in [0, 0.05) is 24.3 Å². The van der Waals surface area contributed by atoms with E-state index in [4.69, 9.17) is 0 Å². The van der Waals surface area contributed by atoms with Gasteiger partial charge in [0.1, 0.15) is 0 Å². The summed E-state index contributed by atoms with van der Waals surface area (Å²) in [6, 6.07) is 21.0. The number of rotatable bonds is 4. The zero-order valence-corrected chi connectivity index (χ0v) is 16.2. The Morgan fingerprint density at radius 3 is 2.52 bits per heavy atom. The summed E-state index contributed by atoms with van der Waals surface area (Å²) in [5.74, 6) is -0.186. The first-order chi connectivity index (χ1) is 14.1. The molecule has 0 aliphatic carbocycles. The number of hydrogen-bond acceptors (Lipinski definition) is 3. The van der Waals surface area contributed by atoms with Crippen LogP contribution in [0.2, 0.25) is 0 Å². The van der Waals surface area contributed by atoms with Gasteiger partial charge in [0.15, 0.2) is 0 Å². The Balaban J connectivity index is 1.45. The SMILES string of the molecule is O=C(Cc1cccc2ccccc12)Nc1cccc(C(=O)N2CCC(O)CC2)c1. The highest BCUT2D eigenvalue weighted by atomic mass is 16.3. The molecular formula is C24H24N2O3. The van der Waals surface area contributed by atoms with Crippen molar-refractivity contribution in [2.24, 2.45) is 0 Å². The molecule has 0 bridgehead atoms. The van der Waals surface area contributed by atoms with Crippen molar-refractivity contribution in [2.75, 3.05) is 18.4 Å². The van der Waals surface area contributed by atoms with Crippen LogP contribution >= 0.6 is 0 Å². The average Bonchev–Trinajstić information content (AvgIpc) is 2.74. The van der Waals surface area contributed by atoms with Crippen LogP contribution in [0.3, 0.4) is 0 Å². The third-order valence-electron chi connectivity index (χ3n) is 5.38. The van der Waals surface area contributed by atoms with Crippen LogP contribution in [0, 0.1) is 0 Å². The Kier molecular flexibility index (Phi) is 5.58. The molecule has 0 saturated carbocycles. The maximum Gasteiger partial charge on any atom is 0.253 e. The monoisotopic (exact) mass is 388 g/mol. The lowest BCUT2D eigenvalue weighted by Gasteiger charge is -2.29. The smallest absolute Gasteiger partial charge is 0.253 e. The number of nitrogens with one attached hydrogen (secondary N) is 1. The molecule has 1 aliphatic heterocycles. The van der Waals surface area contributed by atoms with Crippen LogP contribution in [0.1, 0.15) is 28.8 Å². The van der Waals surface area contributed by atoms with Crippen LogP contribution in [0.4, 0.5) is 5.69 Å². The van der Waals surface area contributed by atoms with Gasteiger partial charge in [-0.1, -0.05) is 48.5 Å². The number of benzene rings is 3. The van der Waals surface area contributed by atoms with Gasteiger partial charge in [-0.3, -0.25) is 9.59 Å². The Bertz CT molecular complexity index is 1030. The van der Waals surface area contributed by atoms with E-state index in [0.717, 1.165) is 16.3 Å². The Morgan fingerprint density at radius 2 is 1.69 bits per heavy atom. The largest absolute Gasteiger partial charge is 0.393 e. The van der Waals surface area contributed by atoms with Gasteiger partial charge in [-0.05, 0) is 47.4 Å². The topological polar surface area (TPSA) is 69.6 Å². The van der Waals surface area contributed by atoms with Crippen molar-refractivity contribution in [2.45, 2.75) is 25.4 Å². The third kappa shape index (κ3) is 4.46. The molecule has 29 heavy (non-hydrogen) atoms. The van der Waals surface area contributed by atoms with E-state index in [1.165, 1.54) is 0 Å². The van der Waals surface area contributed by atoms with E-state index in [2.05, 4.69) is 5.32 Å². The fraction of sp³-hybridized carbons (Fsp3) is 0.250. The first-order valence-electron chi connectivity index (χ1n) is 9.94. The molecule has 0 radical (unpaired) electrons. The molecule has 0 unspecified atom stereocenters. The molecule has 5 heteroatoms. The van der Waals surface area contributed by atoms with Crippen molar-refractivity contribution in [3.63, 3.8) is 0 Å². The van der Waals surface area contributed by atoms with Gasteiger partial charge in [-0.2, -0.15) is 0 Å². The van der Waals surface area contributed by atoms with Crippen LogP contribution in [0.25, 0.3) is 10.8 Å².